The third kappa shape index (κ3) is 3.00. The third-order valence-corrected chi connectivity index (χ3v) is 3.66. The average Bonchev–Trinajstić information content (AvgIpc) is 2.86. The molecule has 0 radical (unpaired) electrons. The number of rotatable bonds is 6. The first-order chi connectivity index (χ1) is 9.69. The second-order valence-electron chi connectivity index (χ2n) is 4.97. The van der Waals surface area contributed by atoms with E-state index >= 15 is 0 Å². The van der Waals surface area contributed by atoms with Gasteiger partial charge in [-0.1, -0.05) is 13.3 Å². The second-order valence-corrected chi connectivity index (χ2v) is 4.97. The van der Waals surface area contributed by atoms with E-state index in [2.05, 4.69) is 22.0 Å². The van der Waals surface area contributed by atoms with E-state index in [9.17, 15) is 4.79 Å². The van der Waals surface area contributed by atoms with Crippen LogP contribution in [0.1, 0.15) is 41.1 Å². The molecule has 1 fully saturated rings. The summed E-state index contributed by atoms with van der Waals surface area (Å²) < 4.78 is 5.37. The van der Waals surface area contributed by atoms with E-state index in [-0.39, 0.29) is 6.04 Å². The molecule has 0 aromatic carbocycles. The van der Waals surface area contributed by atoms with Crippen molar-refractivity contribution in [2.45, 2.75) is 25.8 Å². The highest BCUT2D eigenvalue weighted by atomic mass is 16.5. The number of aryl methyl sites for hydroxylation is 1. The van der Waals surface area contributed by atoms with Gasteiger partial charge in [-0.05, 0) is 6.42 Å². The largest absolute Gasteiger partial charge is 0.379 e. The van der Waals surface area contributed by atoms with Gasteiger partial charge in [0.15, 0.2) is 0 Å². The van der Waals surface area contributed by atoms with Gasteiger partial charge in [0.1, 0.15) is 5.69 Å². The standard InChI is InChI=1S/C13H23N5O2/c1-2-3-9-11(12(13(15)19)17-16-9)10(8-14)18-4-6-20-7-5-18/h10H,2-8,14H2,1H3,(H2,15,19)(H,16,17). The molecular formula is C13H23N5O2. The summed E-state index contributed by atoms with van der Waals surface area (Å²) in [4.78, 5) is 13.8. The number of carbonyl (C=O) groups is 1. The Hall–Kier alpha value is -1.44. The lowest BCUT2D eigenvalue weighted by Gasteiger charge is -2.34. The van der Waals surface area contributed by atoms with Crippen molar-refractivity contribution in [2.75, 3.05) is 32.8 Å². The Labute approximate surface area is 118 Å². The minimum atomic E-state index is -0.485. The van der Waals surface area contributed by atoms with Crippen molar-refractivity contribution in [3.63, 3.8) is 0 Å². The smallest absolute Gasteiger partial charge is 0.267 e. The fourth-order valence-corrected chi connectivity index (χ4v) is 2.70. The molecule has 1 saturated heterocycles. The summed E-state index contributed by atoms with van der Waals surface area (Å²) in [6, 6.07) is -0.0401. The molecule has 2 rings (SSSR count). The molecule has 1 unspecified atom stereocenters. The topological polar surface area (TPSA) is 110 Å². The average molecular weight is 281 g/mol. The van der Waals surface area contributed by atoms with Gasteiger partial charge in [0.25, 0.3) is 5.91 Å². The molecule has 5 N–H and O–H groups in total. The van der Waals surface area contributed by atoms with Crippen molar-refractivity contribution >= 4 is 5.91 Å². The van der Waals surface area contributed by atoms with E-state index in [1.54, 1.807) is 0 Å². The molecule has 2 heterocycles. The van der Waals surface area contributed by atoms with Crippen molar-refractivity contribution in [1.29, 1.82) is 0 Å². The van der Waals surface area contributed by atoms with Crippen LogP contribution < -0.4 is 11.5 Å². The van der Waals surface area contributed by atoms with Crippen LogP contribution in [0.3, 0.4) is 0 Å². The molecule has 1 atom stereocenters. The fraction of sp³-hybridized carbons (Fsp3) is 0.692. The van der Waals surface area contributed by atoms with E-state index in [4.69, 9.17) is 16.2 Å². The summed E-state index contributed by atoms with van der Waals surface area (Å²) in [6.45, 7) is 5.48. The number of carbonyl (C=O) groups excluding carboxylic acids is 1. The minimum absolute atomic E-state index is 0.0401. The van der Waals surface area contributed by atoms with Crippen molar-refractivity contribution in [1.82, 2.24) is 15.1 Å². The van der Waals surface area contributed by atoms with Crippen LogP contribution in [0.4, 0.5) is 0 Å². The number of primary amides is 1. The summed E-state index contributed by atoms with van der Waals surface area (Å²) >= 11 is 0. The molecule has 1 aromatic heterocycles. The van der Waals surface area contributed by atoms with Gasteiger partial charge in [-0.15, -0.1) is 0 Å². The van der Waals surface area contributed by atoms with Gasteiger partial charge >= 0.3 is 0 Å². The molecule has 1 aromatic rings. The molecule has 1 amide bonds. The number of morpholine rings is 1. The van der Waals surface area contributed by atoms with Gasteiger partial charge in [-0.3, -0.25) is 14.8 Å². The van der Waals surface area contributed by atoms with E-state index in [1.807, 2.05) is 0 Å². The lowest BCUT2D eigenvalue weighted by molar-refractivity contribution is 0.0176. The predicted octanol–water partition coefficient (Wildman–Crippen LogP) is -0.207. The summed E-state index contributed by atoms with van der Waals surface area (Å²) in [7, 11) is 0. The fourth-order valence-electron chi connectivity index (χ4n) is 2.70. The SMILES string of the molecule is CCCc1n[nH]c(C(N)=O)c1C(CN)N1CCOCC1. The number of ether oxygens (including phenoxy) is 1. The summed E-state index contributed by atoms with van der Waals surface area (Å²) in [5.74, 6) is -0.485. The zero-order valence-corrected chi connectivity index (χ0v) is 11.9. The highest BCUT2D eigenvalue weighted by Crippen LogP contribution is 2.27. The first-order valence-corrected chi connectivity index (χ1v) is 7.07. The van der Waals surface area contributed by atoms with Crippen LogP contribution in [0, 0.1) is 0 Å². The Balaban J connectivity index is 2.35. The maximum absolute atomic E-state index is 11.6. The Bertz CT molecular complexity index is 454. The molecule has 112 valence electrons. The quantitative estimate of drug-likeness (QED) is 0.668. The van der Waals surface area contributed by atoms with E-state index in [1.165, 1.54) is 0 Å². The molecule has 0 saturated carbocycles. The van der Waals surface area contributed by atoms with Gasteiger partial charge in [-0.2, -0.15) is 5.10 Å². The van der Waals surface area contributed by atoms with Crippen LogP contribution in [0.25, 0.3) is 0 Å². The number of aromatic nitrogens is 2. The maximum atomic E-state index is 11.6. The lowest BCUT2D eigenvalue weighted by atomic mass is 9.99. The summed E-state index contributed by atoms with van der Waals surface area (Å²) in [5.41, 5.74) is 13.5. The van der Waals surface area contributed by atoms with Crippen LogP contribution >= 0.6 is 0 Å². The van der Waals surface area contributed by atoms with Crippen LogP contribution in [0.5, 0.6) is 0 Å². The third-order valence-electron chi connectivity index (χ3n) is 3.66. The number of hydrogen-bond acceptors (Lipinski definition) is 5. The van der Waals surface area contributed by atoms with Crippen molar-refractivity contribution in [3.8, 4) is 0 Å². The predicted molar refractivity (Wildman–Crippen MR) is 75.3 cm³/mol. The number of nitrogens with zero attached hydrogens (tertiary/aromatic N) is 2. The van der Waals surface area contributed by atoms with Gasteiger partial charge in [0.2, 0.25) is 0 Å². The van der Waals surface area contributed by atoms with Crippen LogP contribution in [-0.2, 0) is 11.2 Å². The molecule has 0 bridgehead atoms. The van der Waals surface area contributed by atoms with Gasteiger partial charge in [0, 0.05) is 25.2 Å². The van der Waals surface area contributed by atoms with E-state index < -0.39 is 5.91 Å². The number of nitrogens with two attached hydrogens (primary N) is 2. The molecule has 1 aliphatic rings. The van der Waals surface area contributed by atoms with E-state index in [0.29, 0.717) is 25.5 Å². The normalized spacial score (nSPS) is 18.1. The molecule has 1 aliphatic heterocycles. The number of H-pyrrole nitrogens is 1. The van der Waals surface area contributed by atoms with Crippen molar-refractivity contribution in [2.24, 2.45) is 11.5 Å². The zero-order chi connectivity index (χ0) is 14.5. The number of amides is 1. The summed E-state index contributed by atoms with van der Waals surface area (Å²) in [6.07, 6.45) is 1.76. The van der Waals surface area contributed by atoms with Crippen LogP contribution in [0.2, 0.25) is 0 Å². The highest BCUT2D eigenvalue weighted by molar-refractivity contribution is 5.92. The van der Waals surface area contributed by atoms with Gasteiger partial charge < -0.3 is 16.2 Å². The Morgan fingerprint density at radius 1 is 1.50 bits per heavy atom. The summed E-state index contributed by atoms with van der Waals surface area (Å²) in [5, 5.41) is 7.03. The Morgan fingerprint density at radius 2 is 2.20 bits per heavy atom. The second kappa shape index (κ2) is 6.83. The number of hydrogen-bond donors (Lipinski definition) is 3. The Morgan fingerprint density at radius 3 is 2.75 bits per heavy atom. The number of nitrogens with one attached hydrogen (secondary N) is 1. The first kappa shape index (κ1) is 15.0. The van der Waals surface area contributed by atoms with Crippen molar-refractivity contribution < 1.29 is 9.53 Å². The van der Waals surface area contributed by atoms with Crippen molar-refractivity contribution in [3.05, 3.63) is 17.0 Å². The Kier molecular flexibility index (Phi) is 5.11. The van der Waals surface area contributed by atoms with Crippen LogP contribution in [0.15, 0.2) is 0 Å². The maximum Gasteiger partial charge on any atom is 0.267 e. The molecule has 20 heavy (non-hydrogen) atoms. The molecular weight excluding hydrogens is 258 g/mol. The number of aromatic amines is 1. The minimum Gasteiger partial charge on any atom is -0.379 e. The highest BCUT2D eigenvalue weighted by Gasteiger charge is 2.29. The van der Waals surface area contributed by atoms with Gasteiger partial charge in [-0.25, -0.2) is 0 Å². The van der Waals surface area contributed by atoms with Gasteiger partial charge in [0.05, 0.1) is 24.9 Å². The zero-order valence-electron chi connectivity index (χ0n) is 11.9. The molecule has 7 nitrogen and oxygen atoms in total. The molecule has 7 heteroatoms. The molecule has 0 aliphatic carbocycles. The van der Waals surface area contributed by atoms with Crippen LogP contribution in [-0.4, -0.2) is 53.9 Å². The monoisotopic (exact) mass is 281 g/mol. The lowest BCUT2D eigenvalue weighted by Crippen LogP contribution is -2.42. The first-order valence-electron chi connectivity index (χ1n) is 7.07. The molecule has 0 spiro atoms. The van der Waals surface area contributed by atoms with E-state index in [0.717, 1.165) is 37.2 Å².